The molecule has 220 valence electrons. The van der Waals surface area contributed by atoms with Crippen molar-refractivity contribution in [3.8, 4) is 5.69 Å². The molecule has 0 spiro atoms. The molecular formula is C28H31N7O4S3. The van der Waals surface area contributed by atoms with Gasteiger partial charge in [0.05, 0.1) is 22.9 Å². The zero-order valence-electron chi connectivity index (χ0n) is 23.2. The van der Waals surface area contributed by atoms with E-state index in [1.54, 1.807) is 11.6 Å². The summed E-state index contributed by atoms with van der Waals surface area (Å²) in [5, 5.41) is 17.1. The molecule has 0 unspecified atom stereocenters. The number of anilines is 1. The lowest BCUT2D eigenvalue weighted by atomic mass is 10.1. The highest BCUT2D eigenvalue weighted by Crippen LogP contribution is 2.26. The molecule has 14 heteroatoms. The number of hydrogen-bond acceptors (Lipinski definition) is 9. The number of carbonyl (C=O) groups excluding carboxylic acids is 2. The van der Waals surface area contributed by atoms with Crippen molar-refractivity contribution in [2.24, 2.45) is 0 Å². The van der Waals surface area contributed by atoms with Crippen molar-refractivity contribution in [2.45, 2.75) is 49.7 Å². The Hall–Kier alpha value is -3.59. The van der Waals surface area contributed by atoms with Crippen molar-refractivity contribution in [1.82, 2.24) is 29.4 Å². The predicted molar refractivity (Wildman–Crippen MR) is 163 cm³/mol. The highest BCUT2D eigenvalue weighted by atomic mass is 32.2. The molecule has 2 N–H and O–H groups in total. The first-order valence-electron chi connectivity index (χ1n) is 13.4. The molecule has 0 radical (unpaired) electrons. The minimum Gasteiger partial charge on any atom is -0.345 e. The standard InChI is InChI=1S/C28H31N7O4S3/c1-19-6-7-20(2)23(16-19)35-24(32-33-28(35)41-18-25(36)31-27-29-12-15-40-27)17-30-26(37)21-8-10-22(11-9-21)42(38,39)34-13-4-3-5-14-34/h6-12,15-16H,3-5,13-14,17-18H2,1-2H3,(H,30,37)(H,29,31,36). The monoisotopic (exact) mass is 625 g/mol. The van der Waals surface area contributed by atoms with Crippen molar-refractivity contribution in [3.05, 3.63) is 76.6 Å². The molecule has 2 aromatic carbocycles. The van der Waals surface area contributed by atoms with Crippen LogP contribution >= 0.6 is 23.1 Å². The number of aromatic nitrogens is 4. The summed E-state index contributed by atoms with van der Waals surface area (Å²) in [6, 6.07) is 12.0. The summed E-state index contributed by atoms with van der Waals surface area (Å²) in [7, 11) is -3.58. The highest BCUT2D eigenvalue weighted by molar-refractivity contribution is 7.99. The van der Waals surface area contributed by atoms with Crippen LogP contribution in [0.4, 0.5) is 5.13 Å². The summed E-state index contributed by atoms with van der Waals surface area (Å²) in [4.78, 5) is 29.8. The first kappa shape index (κ1) is 29.9. The molecule has 3 heterocycles. The maximum absolute atomic E-state index is 13.0. The van der Waals surface area contributed by atoms with E-state index in [-0.39, 0.29) is 29.0 Å². The topological polar surface area (TPSA) is 139 Å². The van der Waals surface area contributed by atoms with Gasteiger partial charge in [-0.1, -0.05) is 30.3 Å². The first-order valence-corrected chi connectivity index (χ1v) is 16.8. The Balaban J connectivity index is 1.31. The van der Waals surface area contributed by atoms with E-state index in [0.29, 0.717) is 34.8 Å². The molecule has 1 saturated heterocycles. The molecule has 0 bridgehead atoms. The lowest BCUT2D eigenvalue weighted by Crippen LogP contribution is -2.35. The summed E-state index contributed by atoms with van der Waals surface area (Å²) in [5.74, 6) is 0.00134. The first-order chi connectivity index (χ1) is 20.2. The Labute approximate surface area is 252 Å². The molecule has 1 aliphatic heterocycles. The molecule has 2 amide bonds. The summed E-state index contributed by atoms with van der Waals surface area (Å²) in [5.41, 5.74) is 3.20. The van der Waals surface area contributed by atoms with Crippen LogP contribution in [0.5, 0.6) is 0 Å². The van der Waals surface area contributed by atoms with Crippen molar-refractivity contribution in [2.75, 3.05) is 24.2 Å². The number of rotatable bonds is 10. The third kappa shape index (κ3) is 6.89. The Morgan fingerprint density at radius 2 is 1.79 bits per heavy atom. The van der Waals surface area contributed by atoms with Crippen LogP contribution in [0.3, 0.4) is 0 Å². The van der Waals surface area contributed by atoms with Crippen LogP contribution in [-0.2, 0) is 21.4 Å². The Kier molecular flexibility index (Phi) is 9.36. The predicted octanol–water partition coefficient (Wildman–Crippen LogP) is 4.18. The van der Waals surface area contributed by atoms with Crippen LogP contribution in [0, 0.1) is 13.8 Å². The van der Waals surface area contributed by atoms with Crippen molar-refractivity contribution >= 4 is 50.1 Å². The van der Waals surface area contributed by atoms with Gasteiger partial charge in [0.25, 0.3) is 5.91 Å². The molecule has 0 atom stereocenters. The molecule has 4 aromatic rings. The third-order valence-electron chi connectivity index (χ3n) is 6.79. The van der Waals surface area contributed by atoms with Crippen LogP contribution in [0.25, 0.3) is 5.69 Å². The van der Waals surface area contributed by atoms with Crippen LogP contribution < -0.4 is 10.6 Å². The Bertz CT molecular complexity index is 1660. The second-order valence-electron chi connectivity index (χ2n) is 9.87. The summed E-state index contributed by atoms with van der Waals surface area (Å²) in [6.45, 7) is 5.06. The molecule has 11 nitrogen and oxygen atoms in total. The number of carbonyl (C=O) groups is 2. The van der Waals surface area contributed by atoms with E-state index in [4.69, 9.17) is 0 Å². The summed E-state index contributed by atoms with van der Waals surface area (Å²) < 4.78 is 29.3. The molecule has 1 aliphatic rings. The lowest BCUT2D eigenvalue weighted by Gasteiger charge is -2.25. The molecule has 0 aliphatic carbocycles. The van der Waals surface area contributed by atoms with Crippen LogP contribution in [0.15, 0.2) is 64.1 Å². The van der Waals surface area contributed by atoms with E-state index in [2.05, 4.69) is 25.8 Å². The molecule has 5 rings (SSSR count). The summed E-state index contributed by atoms with van der Waals surface area (Å²) in [6.07, 6.45) is 4.36. The zero-order valence-corrected chi connectivity index (χ0v) is 25.7. The van der Waals surface area contributed by atoms with E-state index < -0.39 is 10.0 Å². The minimum atomic E-state index is -3.58. The number of hydrogen-bond donors (Lipinski definition) is 2. The van der Waals surface area contributed by atoms with Gasteiger partial charge in [-0.25, -0.2) is 13.4 Å². The smallest absolute Gasteiger partial charge is 0.251 e. The van der Waals surface area contributed by atoms with Gasteiger partial charge in [-0.05, 0) is 68.1 Å². The van der Waals surface area contributed by atoms with Gasteiger partial charge in [0.1, 0.15) is 0 Å². The fourth-order valence-electron chi connectivity index (χ4n) is 4.58. The summed E-state index contributed by atoms with van der Waals surface area (Å²) >= 11 is 2.57. The second-order valence-corrected chi connectivity index (χ2v) is 13.6. The van der Waals surface area contributed by atoms with Crippen LogP contribution in [0.2, 0.25) is 0 Å². The van der Waals surface area contributed by atoms with Gasteiger partial charge in [0.15, 0.2) is 16.1 Å². The van der Waals surface area contributed by atoms with Gasteiger partial charge < -0.3 is 10.6 Å². The van der Waals surface area contributed by atoms with Gasteiger partial charge >= 0.3 is 0 Å². The van der Waals surface area contributed by atoms with Gasteiger partial charge in [-0.3, -0.25) is 14.2 Å². The average molecular weight is 626 g/mol. The number of sulfonamides is 1. The largest absolute Gasteiger partial charge is 0.345 e. The number of amides is 2. The fourth-order valence-corrected chi connectivity index (χ4v) is 7.40. The van der Waals surface area contributed by atoms with E-state index in [9.17, 15) is 18.0 Å². The molecule has 0 saturated carbocycles. The van der Waals surface area contributed by atoms with E-state index in [0.717, 1.165) is 36.1 Å². The van der Waals surface area contributed by atoms with Gasteiger partial charge in [0.2, 0.25) is 15.9 Å². The molecule has 42 heavy (non-hydrogen) atoms. The van der Waals surface area contributed by atoms with E-state index in [1.165, 1.54) is 51.7 Å². The minimum absolute atomic E-state index is 0.0684. The van der Waals surface area contributed by atoms with Crippen molar-refractivity contribution in [3.63, 3.8) is 0 Å². The quantitative estimate of drug-likeness (QED) is 0.250. The van der Waals surface area contributed by atoms with Crippen molar-refractivity contribution < 1.29 is 18.0 Å². The highest BCUT2D eigenvalue weighted by Gasteiger charge is 2.26. The number of thiazole rings is 1. The van der Waals surface area contributed by atoms with Crippen molar-refractivity contribution in [1.29, 1.82) is 0 Å². The number of benzene rings is 2. The maximum Gasteiger partial charge on any atom is 0.251 e. The zero-order chi connectivity index (χ0) is 29.7. The average Bonchev–Trinajstić information content (AvgIpc) is 3.66. The van der Waals surface area contributed by atoms with Gasteiger partial charge in [0, 0.05) is 30.2 Å². The van der Waals surface area contributed by atoms with Crippen LogP contribution in [-0.4, -0.2) is 63.1 Å². The molecule has 1 fully saturated rings. The number of nitrogens with one attached hydrogen (secondary N) is 2. The Morgan fingerprint density at radius 3 is 2.50 bits per heavy atom. The van der Waals surface area contributed by atoms with Crippen LogP contribution in [0.1, 0.15) is 46.6 Å². The number of nitrogens with zero attached hydrogens (tertiary/aromatic N) is 5. The fraction of sp³-hybridized carbons (Fsp3) is 0.321. The third-order valence-corrected chi connectivity index (χ3v) is 10.3. The SMILES string of the molecule is Cc1ccc(C)c(-n2c(CNC(=O)c3ccc(S(=O)(=O)N4CCCCC4)cc3)nnc2SCC(=O)Nc2nccs2)c1. The Morgan fingerprint density at radius 1 is 1.02 bits per heavy atom. The maximum atomic E-state index is 13.0. The lowest BCUT2D eigenvalue weighted by molar-refractivity contribution is -0.113. The number of thioether (sulfide) groups is 1. The number of piperidine rings is 1. The van der Waals surface area contributed by atoms with E-state index in [1.807, 2.05) is 36.6 Å². The molecule has 2 aromatic heterocycles. The molecular weight excluding hydrogens is 595 g/mol. The second kappa shape index (κ2) is 13.2. The van der Waals surface area contributed by atoms with Gasteiger partial charge in [-0.15, -0.1) is 21.5 Å². The van der Waals surface area contributed by atoms with E-state index >= 15 is 0 Å². The normalized spacial score (nSPS) is 14.0. The number of aryl methyl sites for hydroxylation is 2. The van der Waals surface area contributed by atoms with Gasteiger partial charge in [-0.2, -0.15) is 4.31 Å².